The van der Waals surface area contributed by atoms with E-state index < -0.39 is 0 Å². The van der Waals surface area contributed by atoms with E-state index in [-0.39, 0.29) is 48.1 Å². The third-order valence-electron chi connectivity index (χ3n) is 1.71. The zero-order valence-electron chi connectivity index (χ0n) is 7.77. The van der Waals surface area contributed by atoms with E-state index in [2.05, 4.69) is 13.8 Å². The van der Waals surface area contributed by atoms with Crippen molar-refractivity contribution in [3.63, 3.8) is 0 Å². The minimum absolute atomic E-state index is 0. The largest absolute Gasteiger partial charge is 2.00 e. The Morgan fingerprint density at radius 1 is 0.818 bits per heavy atom. The number of rotatable bonds is 6. The van der Waals surface area contributed by atoms with Gasteiger partial charge in [0.1, 0.15) is 0 Å². The molecule has 0 saturated heterocycles. The first-order valence-corrected chi connectivity index (χ1v) is 10.1. The molecule has 68 valence electrons. The van der Waals surface area contributed by atoms with Crippen molar-refractivity contribution in [1.82, 2.24) is 0 Å². The van der Waals surface area contributed by atoms with Crippen LogP contribution >= 0.6 is 0 Å². The Labute approximate surface area is 96.0 Å². The van der Waals surface area contributed by atoms with E-state index in [0.717, 1.165) is 0 Å². The molecule has 0 aliphatic rings. The van der Waals surface area contributed by atoms with E-state index >= 15 is 0 Å². The minimum atomic E-state index is -0.159. The fraction of sp³-hybridized carbons (Fsp3) is 1.00. The number of unbranched alkanes of at least 4 members (excludes halogenated alkanes) is 2. The van der Waals surface area contributed by atoms with E-state index in [4.69, 9.17) is 0 Å². The molecule has 11 heavy (non-hydrogen) atoms. The average Bonchev–Trinajstić information content (AvgIpc) is 1.89. The van der Waals surface area contributed by atoms with Gasteiger partial charge in [0.25, 0.3) is 0 Å². The summed E-state index contributed by atoms with van der Waals surface area (Å²) >= 11 is -0.159. The van der Waals surface area contributed by atoms with Crippen LogP contribution in [0.1, 0.15) is 39.5 Å². The monoisotopic (exact) mass is 300 g/mol. The fourth-order valence-electron chi connectivity index (χ4n) is 1.03. The van der Waals surface area contributed by atoms with Gasteiger partial charge in [0.15, 0.2) is 0 Å². The first-order chi connectivity index (χ1) is 4.41. The number of hydrogen-bond acceptors (Lipinski definition) is 0. The third-order valence-corrected chi connectivity index (χ3v) is 7.42. The van der Waals surface area contributed by atoms with Crippen molar-refractivity contribution < 1.29 is 0 Å². The maximum absolute atomic E-state index is 2.30. The van der Waals surface area contributed by atoms with Crippen molar-refractivity contribution in [2.24, 2.45) is 0 Å². The van der Waals surface area contributed by atoms with Crippen molar-refractivity contribution in [3.05, 3.63) is 0 Å². The molecule has 0 unspecified atom stereocenters. The van der Waals surface area contributed by atoms with Crippen LogP contribution in [-0.4, -0.2) is 21.1 Å². The first-order valence-electron chi connectivity index (χ1n) is 4.41. The van der Waals surface area contributed by atoms with Gasteiger partial charge in [-0.05, 0) is 0 Å². The minimum Gasteiger partial charge on any atom is -2.00 e. The van der Waals surface area contributed by atoms with Crippen LogP contribution in [0.4, 0.5) is 0 Å². The van der Waals surface area contributed by atoms with E-state index in [1.807, 2.05) is 0 Å². The summed E-state index contributed by atoms with van der Waals surface area (Å²) in [6.07, 6.45) is 5.89. The van der Waals surface area contributed by atoms with Gasteiger partial charge in [-0.1, -0.05) is 0 Å². The van der Waals surface area contributed by atoms with Crippen LogP contribution in [0.25, 0.3) is 0 Å². The zero-order valence-corrected chi connectivity index (χ0v) is 13.4. The summed E-state index contributed by atoms with van der Waals surface area (Å²) < 4.78 is 3.33. The van der Waals surface area contributed by atoms with Crippen LogP contribution in [0.3, 0.4) is 0 Å². The van der Waals surface area contributed by atoms with Crippen LogP contribution in [0.2, 0.25) is 8.87 Å². The molecule has 0 fully saturated rings. The molecule has 0 aromatic rings. The maximum Gasteiger partial charge on any atom is -2.00 e. The summed E-state index contributed by atoms with van der Waals surface area (Å²) in [5.74, 6) is 0. The average molecular weight is 299 g/mol. The van der Waals surface area contributed by atoms with Gasteiger partial charge in [-0.3, -0.25) is 0 Å². The topological polar surface area (TPSA) is 0 Å². The van der Waals surface area contributed by atoms with Gasteiger partial charge in [0, 0.05) is 0 Å². The van der Waals surface area contributed by atoms with Crippen molar-refractivity contribution in [1.29, 1.82) is 0 Å². The molecule has 0 aromatic heterocycles. The molecule has 0 nitrogen and oxygen atoms in total. The molecule has 0 amide bonds. The van der Waals surface area contributed by atoms with Crippen LogP contribution in [0, 0.1) is 0 Å². The standard InChI is InChI=1S/2C4H9.2S.Sn.2H/c2*1-3-4-2;;;;;/h2*1,3-4H2,2H3;;;;;/q;;2*-2;+4;;. The summed E-state index contributed by atoms with van der Waals surface area (Å²) in [4.78, 5) is 0. The summed E-state index contributed by atoms with van der Waals surface area (Å²) in [7, 11) is 0. The van der Waals surface area contributed by atoms with Crippen molar-refractivity contribution >= 4 is 48.1 Å². The zero-order chi connectivity index (χ0) is 6.95. The van der Waals surface area contributed by atoms with Gasteiger partial charge in [0.2, 0.25) is 0 Å². The second-order valence-electron chi connectivity index (χ2n) is 2.77. The molecule has 0 spiro atoms. The van der Waals surface area contributed by atoms with E-state index in [1.54, 1.807) is 8.87 Å². The molecule has 0 N–H and O–H groups in total. The molecular formula is C8H20S2Sn. The Morgan fingerprint density at radius 2 is 1.18 bits per heavy atom. The molecule has 0 aliphatic heterocycles. The van der Waals surface area contributed by atoms with Crippen LogP contribution in [-0.2, 0) is 27.0 Å². The van der Waals surface area contributed by atoms with Gasteiger partial charge in [-0.15, -0.1) is 0 Å². The maximum atomic E-state index is 2.30. The van der Waals surface area contributed by atoms with Crippen LogP contribution < -0.4 is 0 Å². The van der Waals surface area contributed by atoms with Crippen molar-refractivity contribution in [3.8, 4) is 0 Å². The van der Waals surface area contributed by atoms with Crippen LogP contribution in [0.5, 0.6) is 0 Å². The van der Waals surface area contributed by atoms with Crippen molar-refractivity contribution in [2.45, 2.75) is 48.4 Å². The predicted molar refractivity (Wildman–Crippen MR) is 62.7 cm³/mol. The molecule has 0 atom stereocenters. The Balaban J connectivity index is -0.000000320. The van der Waals surface area contributed by atoms with Gasteiger partial charge in [0.05, 0.1) is 0 Å². The van der Waals surface area contributed by atoms with E-state index in [9.17, 15) is 0 Å². The summed E-state index contributed by atoms with van der Waals surface area (Å²) in [5, 5.41) is 0. The molecule has 0 bridgehead atoms. The molecule has 0 rings (SSSR count). The molecule has 0 heterocycles. The van der Waals surface area contributed by atoms with Crippen LogP contribution in [0.15, 0.2) is 0 Å². The Morgan fingerprint density at radius 3 is 1.45 bits per heavy atom. The fourth-order valence-corrected chi connectivity index (χ4v) is 6.91. The Hall–Kier alpha value is 1.50. The molecule has 3 heteroatoms. The Bertz CT molecular complexity index is 45.4. The van der Waals surface area contributed by atoms with Gasteiger partial charge in [-0.2, -0.15) is 0 Å². The smallest absolute Gasteiger partial charge is 2.00 e. The molecule has 0 aromatic carbocycles. The third kappa shape index (κ3) is 18.5. The normalized spacial score (nSPS) is 8.18. The quantitative estimate of drug-likeness (QED) is 0.522. The molecule has 0 saturated carbocycles. The second-order valence-corrected chi connectivity index (χ2v) is 8.82. The molecule has 0 aliphatic carbocycles. The van der Waals surface area contributed by atoms with E-state index in [1.165, 1.54) is 25.7 Å². The van der Waals surface area contributed by atoms with Gasteiger partial charge >= 0.3 is 69.5 Å². The first kappa shape index (κ1) is 18.3. The second kappa shape index (κ2) is 17.5. The van der Waals surface area contributed by atoms with Gasteiger partial charge in [-0.25, -0.2) is 0 Å². The Kier molecular flexibility index (Phi) is 29.2. The predicted octanol–water partition coefficient (Wildman–Crippen LogP) is 2.59. The van der Waals surface area contributed by atoms with Crippen molar-refractivity contribution in [2.75, 3.05) is 0 Å². The SMILES string of the molecule is CCC[CH2][SnH2+4][CH2]CCC.[S-2].[S-2]. The number of hydrogen-bond donors (Lipinski definition) is 0. The molecule has 4 radical (unpaired) electrons. The molecular weight excluding hydrogens is 279 g/mol. The van der Waals surface area contributed by atoms with E-state index in [0.29, 0.717) is 0 Å². The summed E-state index contributed by atoms with van der Waals surface area (Å²) in [6, 6.07) is 0. The summed E-state index contributed by atoms with van der Waals surface area (Å²) in [6.45, 7) is 4.59. The summed E-state index contributed by atoms with van der Waals surface area (Å²) in [5.41, 5.74) is 0. The van der Waals surface area contributed by atoms with Gasteiger partial charge < -0.3 is 27.0 Å².